The number of methoxy groups -OCH3 is 1. The number of nitrogens with zero attached hydrogens (tertiary/aromatic N) is 3. The Kier molecular flexibility index (Phi) is 6.77. The van der Waals surface area contributed by atoms with Crippen LogP contribution in [-0.2, 0) is 14.3 Å². The van der Waals surface area contributed by atoms with Gasteiger partial charge in [0, 0.05) is 55.4 Å². The first-order chi connectivity index (χ1) is 15.5. The van der Waals surface area contributed by atoms with Gasteiger partial charge in [-0.15, -0.1) is 0 Å². The molecule has 0 bridgehead atoms. The lowest BCUT2D eigenvalue weighted by Crippen LogP contribution is -2.51. The van der Waals surface area contributed by atoms with Crippen LogP contribution in [0.3, 0.4) is 0 Å². The zero-order valence-electron chi connectivity index (χ0n) is 18.0. The number of hydrogen-bond acceptors (Lipinski definition) is 5. The summed E-state index contributed by atoms with van der Waals surface area (Å²) < 4.78 is 5.03. The monoisotopic (exact) mass is 455 g/mol. The lowest BCUT2D eigenvalue weighted by molar-refractivity contribution is -0.148. The summed E-state index contributed by atoms with van der Waals surface area (Å²) in [5.41, 5.74) is 2.12. The van der Waals surface area contributed by atoms with Crippen molar-refractivity contribution in [2.45, 2.75) is 18.9 Å². The predicted octanol–water partition coefficient (Wildman–Crippen LogP) is 3.14. The van der Waals surface area contributed by atoms with Gasteiger partial charge >= 0.3 is 5.97 Å². The highest BCUT2D eigenvalue weighted by Gasteiger charge is 2.33. The van der Waals surface area contributed by atoms with E-state index in [4.69, 9.17) is 16.3 Å². The number of carbonyl (C=O) groups is 3. The van der Waals surface area contributed by atoms with Gasteiger partial charge < -0.3 is 14.5 Å². The van der Waals surface area contributed by atoms with Crippen LogP contribution in [0, 0.1) is 0 Å². The molecule has 2 aliphatic rings. The number of ether oxygens (including phenoxy) is 1. The van der Waals surface area contributed by atoms with E-state index in [9.17, 15) is 14.4 Å². The molecule has 0 aromatic heterocycles. The van der Waals surface area contributed by atoms with Crippen molar-refractivity contribution < 1.29 is 19.1 Å². The minimum Gasteiger partial charge on any atom is -0.468 e. The van der Waals surface area contributed by atoms with E-state index >= 15 is 0 Å². The van der Waals surface area contributed by atoms with Gasteiger partial charge in [0.1, 0.15) is 6.04 Å². The number of anilines is 1. The molecule has 2 aliphatic heterocycles. The molecule has 32 heavy (non-hydrogen) atoms. The quantitative estimate of drug-likeness (QED) is 0.648. The van der Waals surface area contributed by atoms with Gasteiger partial charge in [-0.25, -0.2) is 4.79 Å². The van der Waals surface area contributed by atoms with Gasteiger partial charge in [-0.1, -0.05) is 29.8 Å². The van der Waals surface area contributed by atoms with Gasteiger partial charge in [0.25, 0.3) is 5.91 Å². The Balaban J connectivity index is 1.42. The van der Waals surface area contributed by atoms with Crippen LogP contribution in [-0.4, -0.2) is 67.4 Å². The van der Waals surface area contributed by atoms with Gasteiger partial charge in [0.15, 0.2) is 0 Å². The minimum absolute atomic E-state index is 0.0590. The van der Waals surface area contributed by atoms with Crippen LogP contribution in [0.15, 0.2) is 48.5 Å². The van der Waals surface area contributed by atoms with Crippen molar-refractivity contribution in [2.75, 3.05) is 44.7 Å². The average Bonchev–Trinajstić information content (AvgIpc) is 3.26. The van der Waals surface area contributed by atoms with E-state index in [1.54, 1.807) is 28.0 Å². The average molecular weight is 456 g/mol. The summed E-state index contributed by atoms with van der Waals surface area (Å²) in [5, 5.41) is 0.512. The van der Waals surface area contributed by atoms with Gasteiger partial charge in [-0.05, 0) is 42.3 Å². The highest BCUT2D eigenvalue weighted by molar-refractivity contribution is 6.31. The van der Waals surface area contributed by atoms with Gasteiger partial charge in [-0.3, -0.25) is 14.5 Å². The molecule has 7 nitrogen and oxygen atoms in total. The summed E-state index contributed by atoms with van der Waals surface area (Å²) in [5.74, 6) is -0.305. The molecule has 0 radical (unpaired) electrons. The first-order valence-corrected chi connectivity index (χ1v) is 11.1. The van der Waals surface area contributed by atoms with Crippen LogP contribution in [0.1, 0.15) is 34.8 Å². The summed E-state index contributed by atoms with van der Waals surface area (Å²) in [6.45, 7) is 2.75. The molecule has 0 N–H and O–H groups in total. The number of esters is 1. The van der Waals surface area contributed by atoms with Crippen molar-refractivity contribution in [3.8, 4) is 0 Å². The second-order valence-electron chi connectivity index (χ2n) is 7.97. The Morgan fingerprint density at radius 3 is 2.25 bits per heavy atom. The maximum atomic E-state index is 13.0. The fraction of sp³-hybridized carbons (Fsp3) is 0.375. The topological polar surface area (TPSA) is 70.2 Å². The standard InChI is InChI=1S/C24H26ClN3O4/c1-32-24(31)22(19-5-2-3-6-20(19)25)26-13-15-27(16-14-26)23(30)17-8-10-18(11-9-17)28-12-4-7-21(28)29/h2-3,5-6,8-11,22H,4,7,12-16H2,1H3/t22-/m0/s1. The number of carbonyl (C=O) groups excluding carboxylic acids is 3. The molecule has 2 amide bonds. The van der Waals surface area contributed by atoms with Gasteiger partial charge in [0.05, 0.1) is 7.11 Å². The normalized spacial score (nSPS) is 18.0. The number of rotatable bonds is 5. The summed E-state index contributed by atoms with van der Waals surface area (Å²) in [6, 6.07) is 13.9. The second kappa shape index (κ2) is 9.71. The molecule has 1 atom stereocenters. The molecule has 2 saturated heterocycles. The minimum atomic E-state index is -0.608. The molecular formula is C24H26ClN3O4. The molecule has 2 fully saturated rings. The Morgan fingerprint density at radius 2 is 1.66 bits per heavy atom. The fourth-order valence-electron chi connectivity index (χ4n) is 4.35. The van der Waals surface area contributed by atoms with Crippen molar-refractivity contribution in [1.82, 2.24) is 9.80 Å². The van der Waals surface area contributed by atoms with E-state index < -0.39 is 6.04 Å². The molecular weight excluding hydrogens is 430 g/mol. The molecule has 0 unspecified atom stereocenters. The predicted molar refractivity (Wildman–Crippen MR) is 122 cm³/mol. The zero-order chi connectivity index (χ0) is 22.7. The first kappa shape index (κ1) is 22.3. The third-order valence-electron chi connectivity index (χ3n) is 6.09. The van der Waals surface area contributed by atoms with E-state index in [0.29, 0.717) is 48.7 Å². The molecule has 0 spiro atoms. The molecule has 2 heterocycles. The molecule has 8 heteroatoms. The molecule has 0 aliphatic carbocycles. The van der Waals surface area contributed by atoms with Crippen LogP contribution < -0.4 is 4.90 Å². The highest BCUT2D eigenvalue weighted by Crippen LogP contribution is 2.30. The molecule has 0 saturated carbocycles. The smallest absolute Gasteiger partial charge is 0.327 e. The van der Waals surface area contributed by atoms with E-state index in [0.717, 1.165) is 18.7 Å². The van der Waals surface area contributed by atoms with Crippen molar-refractivity contribution in [1.29, 1.82) is 0 Å². The van der Waals surface area contributed by atoms with Crippen LogP contribution in [0.4, 0.5) is 5.69 Å². The van der Waals surface area contributed by atoms with Crippen molar-refractivity contribution in [3.63, 3.8) is 0 Å². The number of halogens is 1. The third kappa shape index (κ3) is 4.49. The summed E-state index contributed by atoms with van der Waals surface area (Å²) in [6.07, 6.45) is 1.44. The van der Waals surface area contributed by atoms with Crippen LogP contribution >= 0.6 is 11.6 Å². The maximum Gasteiger partial charge on any atom is 0.327 e. The van der Waals surface area contributed by atoms with Crippen LogP contribution in [0.2, 0.25) is 5.02 Å². The fourth-order valence-corrected chi connectivity index (χ4v) is 4.59. The Bertz CT molecular complexity index is 1000. The van der Waals surface area contributed by atoms with E-state index in [2.05, 4.69) is 0 Å². The van der Waals surface area contributed by atoms with Crippen molar-refractivity contribution in [2.24, 2.45) is 0 Å². The number of piperazine rings is 1. The summed E-state index contributed by atoms with van der Waals surface area (Å²) in [4.78, 5) is 43.0. The zero-order valence-corrected chi connectivity index (χ0v) is 18.8. The first-order valence-electron chi connectivity index (χ1n) is 10.8. The number of amides is 2. The Morgan fingerprint density at radius 1 is 0.969 bits per heavy atom. The molecule has 4 rings (SSSR count). The Labute approximate surface area is 192 Å². The van der Waals surface area contributed by atoms with Gasteiger partial charge in [0.2, 0.25) is 5.91 Å². The van der Waals surface area contributed by atoms with Gasteiger partial charge in [-0.2, -0.15) is 0 Å². The van der Waals surface area contributed by atoms with Crippen LogP contribution in [0.5, 0.6) is 0 Å². The highest BCUT2D eigenvalue weighted by atomic mass is 35.5. The maximum absolute atomic E-state index is 13.0. The number of hydrogen-bond donors (Lipinski definition) is 0. The molecule has 2 aromatic rings. The van der Waals surface area contributed by atoms with Crippen LogP contribution in [0.25, 0.3) is 0 Å². The second-order valence-corrected chi connectivity index (χ2v) is 8.38. The van der Waals surface area contributed by atoms with Crippen molar-refractivity contribution >= 4 is 35.1 Å². The number of benzene rings is 2. The lowest BCUT2D eigenvalue weighted by Gasteiger charge is -2.38. The van der Waals surface area contributed by atoms with E-state index in [1.165, 1.54) is 7.11 Å². The van der Waals surface area contributed by atoms with E-state index in [-0.39, 0.29) is 17.8 Å². The molecule has 168 valence electrons. The lowest BCUT2D eigenvalue weighted by atomic mass is 10.0. The SMILES string of the molecule is COC(=O)[C@H](c1ccccc1Cl)N1CCN(C(=O)c2ccc(N3CCCC3=O)cc2)CC1. The van der Waals surface area contributed by atoms with Crippen molar-refractivity contribution in [3.05, 3.63) is 64.7 Å². The summed E-state index contributed by atoms with van der Waals surface area (Å²) in [7, 11) is 1.37. The summed E-state index contributed by atoms with van der Waals surface area (Å²) >= 11 is 6.34. The largest absolute Gasteiger partial charge is 0.468 e. The third-order valence-corrected chi connectivity index (χ3v) is 6.43. The van der Waals surface area contributed by atoms with E-state index in [1.807, 2.05) is 35.2 Å². The Hall–Kier alpha value is -2.90. The molecule has 2 aromatic carbocycles.